The second kappa shape index (κ2) is 5.86. The van der Waals surface area contributed by atoms with Crippen molar-refractivity contribution in [2.24, 2.45) is 11.8 Å². The van der Waals surface area contributed by atoms with Gasteiger partial charge in [0.1, 0.15) is 6.04 Å². The fourth-order valence-corrected chi connectivity index (χ4v) is 2.20. The van der Waals surface area contributed by atoms with E-state index in [1.165, 1.54) is 7.11 Å². The quantitative estimate of drug-likeness (QED) is 0.734. The Balaban J connectivity index is 2.62. The van der Waals surface area contributed by atoms with Crippen LogP contribution in [-0.4, -0.2) is 25.2 Å². The standard InChI is InChI=1S/C12H20N2O2/c1-8(2)11(12(15)16-3)14-10-6-4-5-9(10)7-13/h8-11,14H,4-6H2,1-3H3. The van der Waals surface area contributed by atoms with E-state index in [4.69, 9.17) is 10.00 Å². The molecule has 0 aromatic rings. The lowest BCUT2D eigenvalue weighted by molar-refractivity contribution is -0.144. The lowest BCUT2D eigenvalue weighted by Gasteiger charge is -2.25. The molecular formula is C12H20N2O2. The van der Waals surface area contributed by atoms with Crippen LogP contribution >= 0.6 is 0 Å². The highest BCUT2D eigenvalue weighted by atomic mass is 16.5. The van der Waals surface area contributed by atoms with Crippen LogP contribution in [0.25, 0.3) is 0 Å². The van der Waals surface area contributed by atoms with Gasteiger partial charge in [-0.05, 0) is 18.8 Å². The summed E-state index contributed by atoms with van der Waals surface area (Å²) in [5.41, 5.74) is 0. The van der Waals surface area contributed by atoms with Gasteiger partial charge >= 0.3 is 5.97 Å². The number of ether oxygens (including phenoxy) is 1. The smallest absolute Gasteiger partial charge is 0.323 e. The lowest BCUT2D eigenvalue weighted by Crippen LogP contribution is -2.48. The number of carbonyl (C=O) groups is 1. The van der Waals surface area contributed by atoms with Gasteiger partial charge in [0.2, 0.25) is 0 Å². The predicted molar refractivity (Wildman–Crippen MR) is 60.5 cm³/mol. The first-order valence-corrected chi connectivity index (χ1v) is 5.83. The molecule has 1 saturated carbocycles. The Labute approximate surface area is 97.0 Å². The van der Waals surface area contributed by atoms with Crippen LogP contribution in [0.5, 0.6) is 0 Å². The Morgan fingerprint density at radius 1 is 1.50 bits per heavy atom. The molecule has 0 spiro atoms. The van der Waals surface area contributed by atoms with E-state index in [-0.39, 0.29) is 29.9 Å². The molecule has 0 aromatic heterocycles. The average molecular weight is 224 g/mol. The molecule has 0 aliphatic heterocycles. The highest BCUT2D eigenvalue weighted by Crippen LogP contribution is 2.26. The number of hydrogen-bond acceptors (Lipinski definition) is 4. The van der Waals surface area contributed by atoms with Crippen molar-refractivity contribution in [2.75, 3.05) is 7.11 Å². The molecule has 0 amide bonds. The van der Waals surface area contributed by atoms with E-state index in [0.29, 0.717) is 0 Å². The zero-order valence-corrected chi connectivity index (χ0v) is 10.2. The van der Waals surface area contributed by atoms with Gasteiger partial charge in [-0.15, -0.1) is 0 Å². The minimum atomic E-state index is -0.302. The molecule has 90 valence electrons. The summed E-state index contributed by atoms with van der Waals surface area (Å²) >= 11 is 0. The summed E-state index contributed by atoms with van der Waals surface area (Å²) in [4.78, 5) is 11.6. The highest BCUT2D eigenvalue weighted by molar-refractivity contribution is 5.76. The number of esters is 1. The molecule has 0 bridgehead atoms. The van der Waals surface area contributed by atoms with Gasteiger partial charge in [0, 0.05) is 6.04 Å². The van der Waals surface area contributed by atoms with Crippen LogP contribution in [0.1, 0.15) is 33.1 Å². The van der Waals surface area contributed by atoms with Gasteiger partial charge in [0.05, 0.1) is 19.1 Å². The maximum Gasteiger partial charge on any atom is 0.323 e. The molecule has 1 N–H and O–H groups in total. The molecule has 3 unspecified atom stereocenters. The highest BCUT2D eigenvalue weighted by Gasteiger charge is 2.32. The molecule has 1 aliphatic carbocycles. The summed E-state index contributed by atoms with van der Waals surface area (Å²) < 4.78 is 4.77. The van der Waals surface area contributed by atoms with Gasteiger partial charge in [-0.25, -0.2) is 0 Å². The molecule has 0 saturated heterocycles. The number of nitrogens with zero attached hydrogens (tertiary/aromatic N) is 1. The number of nitrogens with one attached hydrogen (secondary N) is 1. The maximum atomic E-state index is 11.6. The van der Waals surface area contributed by atoms with E-state index in [2.05, 4.69) is 11.4 Å². The van der Waals surface area contributed by atoms with Gasteiger partial charge in [-0.1, -0.05) is 20.3 Å². The zero-order chi connectivity index (χ0) is 12.1. The van der Waals surface area contributed by atoms with E-state index in [9.17, 15) is 4.79 Å². The molecule has 4 nitrogen and oxygen atoms in total. The largest absolute Gasteiger partial charge is 0.468 e. The lowest BCUT2D eigenvalue weighted by atomic mass is 9.99. The molecular weight excluding hydrogens is 204 g/mol. The fourth-order valence-electron chi connectivity index (χ4n) is 2.20. The van der Waals surface area contributed by atoms with Crippen molar-refractivity contribution in [3.63, 3.8) is 0 Å². The second-order valence-electron chi connectivity index (χ2n) is 4.68. The van der Waals surface area contributed by atoms with Crippen molar-refractivity contribution >= 4 is 5.97 Å². The molecule has 0 heterocycles. The SMILES string of the molecule is COC(=O)C(NC1CCCC1C#N)C(C)C. The molecule has 4 heteroatoms. The van der Waals surface area contributed by atoms with Gasteiger partial charge in [0.25, 0.3) is 0 Å². The van der Waals surface area contributed by atoms with Crippen molar-refractivity contribution in [1.29, 1.82) is 5.26 Å². The number of rotatable bonds is 4. The summed E-state index contributed by atoms with van der Waals surface area (Å²) in [6, 6.07) is 2.13. The van der Waals surface area contributed by atoms with E-state index in [1.54, 1.807) is 0 Å². The third kappa shape index (κ3) is 2.96. The first kappa shape index (κ1) is 13.0. The van der Waals surface area contributed by atoms with Crippen LogP contribution in [0.3, 0.4) is 0 Å². The molecule has 0 aromatic carbocycles. The van der Waals surface area contributed by atoms with Crippen LogP contribution in [0.2, 0.25) is 0 Å². The van der Waals surface area contributed by atoms with Crippen LogP contribution in [0.4, 0.5) is 0 Å². The monoisotopic (exact) mass is 224 g/mol. The van der Waals surface area contributed by atoms with Gasteiger partial charge < -0.3 is 10.1 Å². The Kier molecular flexibility index (Phi) is 4.75. The average Bonchev–Trinajstić information content (AvgIpc) is 2.71. The van der Waals surface area contributed by atoms with Crippen molar-refractivity contribution in [2.45, 2.75) is 45.2 Å². The first-order valence-electron chi connectivity index (χ1n) is 5.83. The Morgan fingerprint density at radius 3 is 2.69 bits per heavy atom. The number of methoxy groups -OCH3 is 1. The fraction of sp³-hybridized carbons (Fsp3) is 0.833. The molecule has 3 atom stereocenters. The minimum Gasteiger partial charge on any atom is -0.468 e. The van der Waals surface area contributed by atoms with E-state index < -0.39 is 0 Å². The number of hydrogen-bond donors (Lipinski definition) is 1. The minimum absolute atomic E-state index is 0.0332. The molecule has 1 aliphatic rings. The topological polar surface area (TPSA) is 62.1 Å². The van der Waals surface area contributed by atoms with Crippen LogP contribution < -0.4 is 5.32 Å². The summed E-state index contributed by atoms with van der Waals surface area (Å²) in [7, 11) is 1.40. The summed E-state index contributed by atoms with van der Waals surface area (Å²) in [6.45, 7) is 3.95. The molecule has 0 radical (unpaired) electrons. The predicted octanol–water partition coefficient (Wildman–Crippen LogP) is 1.47. The normalized spacial score (nSPS) is 26.4. The van der Waals surface area contributed by atoms with Gasteiger partial charge in [-0.2, -0.15) is 5.26 Å². The Bertz CT molecular complexity index is 283. The van der Waals surface area contributed by atoms with Crippen molar-refractivity contribution in [3.8, 4) is 6.07 Å². The zero-order valence-electron chi connectivity index (χ0n) is 10.2. The first-order chi connectivity index (χ1) is 7.60. The van der Waals surface area contributed by atoms with Crippen molar-refractivity contribution in [1.82, 2.24) is 5.32 Å². The molecule has 1 fully saturated rings. The van der Waals surface area contributed by atoms with E-state index in [1.807, 2.05) is 13.8 Å². The van der Waals surface area contributed by atoms with Crippen LogP contribution in [0.15, 0.2) is 0 Å². The second-order valence-corrected chi connectivity index (χ2v) is 4.68. The number of carbonyl (C=O) groups excluding carboxylic acids is 1. The maximum absolute atomic E-state index is 11.6. The third-order valence-corrected chi connectivity index (χ3v) is 3.20. The molecule has 1 rings (SSSR count). The molecule has 16 heavy (non-hydrogen) atoms. The van der Waals surface area contributed by atoms with E-state index in [0.717, 1.165) is 19.3 Å². The van der Waals surface area contributed by atoms with Gasteiger partial charge in [0.15, 0.2) is 0 Å². The summed E-state index contributed by atoms with van der Waals surface area (Å²) in [5, 5.41) is 12.2. The van der Waals surface area contributed by atoms with Crippen LogP contribution in [0, 0.1) is 23.2 Å². The van der Waals surface area contributed by atoms with Crippen molar-refractivity contribution < 1.29 is 9.53 Å². The summed E-state index contributed by atoms with van der Waals surface area (Å²) in [6.07, 6.45) is 2.96. The van der Waals surface area contributed by atoms with Crippen molar-refractivity contribution in [3.05, 3.63) is 0 Å². The van der Waals surface area contributed by atoms with E-state index >= 15 is 0 Å². The van der Waals surface area contributed by atoms with Crippen LogP contribution in [-0.2, 0) is 9.53 Å². The third-order valence-electron chi connectivity index (χ3n) is 3.20. The summed E-state index contributed by atoms with van der Waals surface area (Å²) in [5.74, 6) is -0.0307. The Morgan fingerprint density at radius 2 is 2.19 bits per heavy atom. The van der Waals surface area contributed by atoms with Gasteiger partial charge in [-0.3, -0.25) is 4.79 Å². The Hall–Kier alpha value is -1.08. The number of nitriles is 1.